The van der Waals surface area contributed by atoms with Crippen LogP contribution in [0.5, 0.6) is 0 Å². The van der Waals surface area contributed by atoms with E-state index >= 15 is 0 Å². The van der Waals surface area contributed by atoms with Gasteiger partial charge in [0.1, 0.15) is 5.52 Å². The molecular weight excluding hydrogens is 497 g/mol. The van der Waals surface area contributed by atoms with E-state index in [1.54, 1.807) is 6.07 Å². The Morgan fingerprint density at radius 2 is 1.89 bits per heavy atom. The number of imidazole rings is 1. The Morgan fingerprint density at radius 3 is 2.76 bits per heavy atom. The third-order valence-electron chi connectivity index (χ3n) is 7.31. The first-order chi connectivity index (χ1) is 18.7. The van der Waals surface area contributed by atoms with Crippen molar-refractivity contribution >= 4 is 33.4 Å². The highest BCUT2D eigenvalue weighted by atomic mass is 32.1. The van der Waals surface area contributed by atoms with Crippen molar-refractivity contribution in [2.75, 3.05) is 6.54 Å². The van der Waals surface area contributed by atoms with Gasteiger partial charge in [0.2, 0.25) is 0 Å². The van der Waals surface area contributed by atoms with E-state index in [2.05, 4.69) is 31.5 Å². The normalized spacial score (nSPS) is 14.2. The minimum Gasteiger partial charge on any atom is -0.336 e. The number of fused-ring (bicyclic) bond motifs is 2. The van der Waals surface area contributed by atoms with Gasteiger partial charge in [-0.1, -0.05) is 25.0 Å². The fourth-order valence-electron chi connectivity index (χ4n) is 5.39. The number of halogens is 1. The lowest BCUT2D eigenvalue weighted by atomic mass is 10.1. The minimum absolute atomic E-state index is 0.217. The molecule has 0 amide bonds. The first-order valence-corrected chi connectivity index (χ1v) is 13.8. The molecule has 0 unspecified atom stereocenters. The number of pyridine rings is 2. The second kappa shape index (κ2) is 9.74. The summed E-state index contributed by atoms with van der Waals surface area (Å²) in [6.07, 6.45) is 9.15. The molecule has 1 saturated carbocycles. The van der Waals surface area contributed by atoms with Crippen LogP contribution in [-0.4, -0.2) is 36.7 Å². The molecule has 9 heteroatoms. The number of H-pyrrole nitrogens is 2. The molecule has 0 saturated heterocycles. The molecule has 5 aromatic heterocycles. The molecule has 5 heterocycles. The Morgan fingerprint density at radius 1 is 0.974 bits per heavy atom. The number of thiophene rings is 1. The average molecular weight is 524 g/mol. The molecule has 1 aliphatic carbocycles. The number of benzene rings is 1. The van der Waals surface area contributed by atoms with Gasteiger partial charge in [0, 0.05) is 34.9 Å². The minimum atomic E-state index is -0.217. The van der Waals surface area contributed by atoms with E-state index in [0.717, 1.165) is 79.7 Å². The molecule has 1 fully saturated rings. The quantitative estimate of drug-likeness (QED) is 0.216. The van der Waals surface area contributed by atoms with E-state index in [4.69, 9.17) is 9.97 Å². The van der Waals surface area contributed by atoms with Crippen LogP contribution in [0.3, 0.4) is 0 Å². The van der Waals surface area contributed by atoms with Crippen molar-refractivity contribution < 1.29 is 4.39 Å². The van der Waals surface area contributed by atoms with E-state index in [-0.39, 0.29) is 5.13 Å². The molecule has 0 bridgehead atoms. The van der Waals surface area contributed by atoms with E-state index in [0.29, 0.717) is 11.5 Å². The van der Waals surface area contributed by atoms with Gasteiger partial charge in [-0.3, -0.25) is 10.1 Å². The van der Waals surface area contributed by atoms with Gasteiger partial charge in [-0.25, -0.2) is 9.97 Å². The standard InChI is InChI=1S/C29H26FN7S/c30-25-11-10-24(38-25)20-6-3-7-22-26(20)35-29(34-22)28-27-23(36-37-28)9-8-21(33-27)19-12-18(15-32-16-19)14-31-13-17-4-1-2-5-17/h3,6-12,15-17,31H,1-2,4-5,13-14H2,(H,34,35)(H,36,37). The SMILES string of the molecule is Fc1ccc(-c2cccc3[nH]c(-c4n[nH]c5ccc(-c6cncc(CNCC7CCCC7)c6)nc45)nc23)s1. The lowest BCUT2D eigenvalue weighted by Crippen LogP contribution is -2.20. The van der Waals surface area contributed by atoms with Gasteiger partial charge >= 0.3 is 0 Å². The highest BCUT2D eigenvalue weighted by Crippen LogP contribution is 2.34. The zero-order chi connectivity index (χ0) is 25.5. The molecule has 1 aliphatic rings. The number of aromatic nitrogens is 6. The number of para-hydroxylation sites is 1. The Kier molecular flexibility index (Phi) is 5.94. The second-order valence-corrected chi connectivity index (χ2v) is 11.0. The van der Waals surface area contributed by atoms with Gasteiger partial charge < -0.3 is 10.3 Å². The number of nitrogens with one attached hydrogen (secondary N) is 3. The summed E-state index contributed by atoms with van der Waals surface area (Å²) in [6, 6.07) is 15.3. The lowest BCUT2D eigenvalue weighted by Gasteiger charge is -2.11. The fraction of sp³-hybridized carbons (Fsp3) is 0.241. The summed E-state index contributed by atoms with van der Waals surface area (Å²) in [5.74, 6) is 1.42. The van der Waals surface area contributed by atoms with Gasteiger partial charge in [-0.05, 0) is 67.3 Å². The summed E-state index contributed by atoms with van der Waals surface area (Å²) in [7, 11) is 0. The Labute approximate surface area is 222 Å². The molecule has 1 aromatic carbocycles. The van der Waals surface area contributed by atoms with Crippen LogP contribution < -0.4 is 5.32 Å². The summed E-state index contributed by atoms with van der Waals surface area (Å²) in [6.45, 7) is 1.86. The first kappa shape index (κ1) is 23.2. The topological polar surface area (TPSA) is 95.2 Å². The largest absolute Gasteiger partial charge is 0.336 e. The maximum absolute atomic E-state index is 13.7. The van der Waals surface area contributed by atoms with Crippen LogP contribution in [0.1, 0.15) is 31.2 Å². The third-order valence-corrected chi connectivity index (χ3v) is 8.22. The summed E-state index contributed by atoms with van der Waals surface area (Å²) in [5, 5.41) is 11.0. The molecule has 0 atom stereocenters. The van der Waals surface area contributed by atoms with Gasteiger partial charge in [0.25, 0.3) is 0 Å². The summed E-state index contributed by atoms with van der Waals surface area (Å²) < 4.78 is 13.7. The van der Waals surface area contributed by atoms with Crippen molar-refractivity contribution in [1.82, 2.24) is 35.5 Å². The predicted octanol–water partition coefficient (Wildman–Crippen LogP) is 6.71. The Hall–Kier alpha value is -3.95. The van der Waals surface area contributed by atoms with E-state index in [1.165, 1.54) is 31.7 Å². The molecule has 38 heavy (non-hydrogen) atoms. The van der Waals surface area contributed by atoms with Gasteiger partial charge in [-0.15, -0.1) is 11.3 Å². The number of hydrogen-bond donors (Lipinski definition) is 3. The predicted molar refractivity (Wildman–Crippen MR) is 149 cm³/mol. The summed E-state index contributed by atoms with van der Waals surface area (Å²) in [4.78, 5) is 18.5. The number of nitrogens with zero attached hydrogens (tertiary/aromatic N) is 4. The molecule has 3 N–H and O–H groups in total. The third kappa shape index (κ3) is 4.37. The first-order valence-electron chi connectivity index (χ1n) is 13.0. The van der Waals surface area contributed by atoms with Crippen LogP contribution in [-0.2, 0) is 6.54 Å². The van der Waals surface area contributed by atoms with Crippen LogP contribution in [0.2, 0.25) is 0 Å². The van der Waals surface area contributed by atoms with Crippen molar-refractivity contribution in [3.63, 3.8) is 0 Å². The van der Waals surface area contributed by atoms with Crippen molar-refractivity contribution in [3.8, 4) is 33.2 Å². The zero-order valence-electron chi connectivity index (χ0n) is 20.7. The average Bonchev–Trinajstić information content (AvgIpc) is 3.74. The monoisotopic (exact) mass is 523 g/mol. The molecule has 6 aromatic rings. The molecular formula is C29H26FN7S. The smallest absolute Gasteiger partial charge is 0.176 e. The van der Waals surface area contributed by atoms with Crippen LogP contribution in [0, 0.1) is 11.0 Å². The zero-order valence-corrected chi connectivity index (χ0v) is 21.5. The van der Waals surface area contributed by atoms with E-state index in [9.17, 15) is 4.39 Å². The van der Waals surface area contributed by atoms with Crippen LogP contribution >= 0.6 is 11.3 Å². The molecule has 7 rings (SSSR count). The highest BCUT2D eigenvalue weighted by molar-refractivity contribution is 7.14. The van der Waals surface area contributed by atoms with E-state index < -0.39 is 0 Å². The fourth-order valence-corrected chi connectivity index (χ4v) is 6.14. The van der Waals surface area contributed by atoms with Crippen molar-refractivity contribution in [1.29, 1.82) is 0 Å². The Bertz CT molecular complexity index is 1740. The lowest BCUT2D eigenvalue weighted by molar-refractivity contribution is 0.489. The highest BCUT2D eigenvalue weighted by Gasteiger charge is 2.18. The molecule has 190 valence electrons. The molecule has 0 aliphatic heterocycles. The molecule has 0 radical (unpaired) electrons. The number of aromatic amines is 2. The van der Waals surface area contributed by atoms with Crippen LogP contribution in [0.4, 0.5) is 4.39 Å². The molecule has 0 spiro atoms. The van der Waals surface area contributed by atoms with Gasteiger partial charge in [-0.2, -0.15) is 9.49 Å². The number of hydrogen-bond acceptors (Lipinski definition) is 6. The summed E-state index contributed by atoms with van der Waals surface area (Å²) >= 11 is 1.11. The second-order valence-electron chi connectivity index (χ2n) is 9.92. The van der Waals surface area contributed by atoms with Crippen LogP contribution in [0.25, 0.3) is 55.3 Å². The summed E-state index contributed by atoms with van der Waals surface area (Å²) in [5.41, 5.74) is 7.66. The van der Waals surface area contributed by atoms with Crippen LogP contribution in [0.15, 0.2) is 60.9 Å². The van der Waals surface area contributed by atoms with Crippen molar-refractivity contribution in [2.45, 2.75) is 32.2 Å². The maximum Gasteiger partial charge on any atom is 0.176 e. The molecule has 7 nitrogen and oxygen atoms in total. The van der Waals surface area contributed by atoms with Gasteiger partial charge in [0.15, 0.2) is 16.6 Å². The van der Waals surface area contributed by atoms with Crippen molar-refractivity contribution in [2.24, 2.45) is 5.92 Å². The van der Waals surface area contributed by atoms with Gasteiger partial charge in [0.05, 0.1) is 22.2 Å². The number of rotatable bonds is 7. The van der Waals surface area contributed by atoms with Crippen molar-refractivity contribution in [3.05, 3.63) is 71.6 Å². The Balaban J connectivity index is 1.20. The van der Waals surface area contributed by atoms with E-state index in [1.807, 2.05) is 42.7 Å². The maximum atomic E-state index is 13.7.